The number of thiazole rings is 1. The van der Waals surface area contributed by atoms with Crippen molar-refractivity contribution in [1.82, 2.24) is 4.98 Å². The van der Waals surface area contributed by atoms with Gasteiger partial charge >= 0.3 is 0 Å². The van der Waals surface area contributed by atoms with Crippen LogP contribution in [0, 0.1) is 5.82 Å². The third-order valence-electron chi connectivity index (χ3n) is 2.24. The maximum atomic E-state index is 13.5. The summed E-state index contributed by atoms with van der Waals surface area (Å²) in [6.07, 6.45) is 0. The number of hydrogen-bond donors (Lipinski definition) is 1. The largest absolute Gasteiger partial charge is 0.384 e. The molecule has 0 atom stereocenters. The van der Waals surface area contributed by atoms with Gasteiger partial charge in [-0.2, -0.15) is 0 Å². The first-order chi connectivity index (χ1) is 7.48. The predicted molar refractivity (Wildman–Crippen MR) is 62.8 cm³/mol. The van der Waals surface area contributed by atoms with Crippen molar-refractivity contribution >= 4 is 11.3 Å². The Labute approximate surface area is 97.4 Å². The summed E-state index contributed by atoms with van der Waals surface area (Å²) in [4.78, 5) is 4.24. The van der Waals surface area contributed by atoms with Gasteiger partial charge in [0.15, 0.2) is 0 Å². The lowest BCUT2D eigenvalue weighted by Crippen LogP contribution is -2.15. The molecule has 0 amide bonds. The SMILES string of the molecule is CC(C)(O)c1csc(-c2ccccc2F)n1. The van der Waals surface area contributed by atoms with Crippen LogP contribution < -0.4 is 0 Å². The molecule has 0 radical (unpaired) electrons. The average molecular weight is 237 g/mol. The minimum Gasteiger partial charge on any atom is -0.384 e. The van der Waals surface area contributed by atoms with Crippen LogP contribution in [-0.2, 0) is 5.60 Å². The molecule has 0 bridgehead atoms. The Balaban J connectivity index is 2.44. The maximum Gasteiger partial charge on any atom is 0.133 e. The molecule has 2 nitrogen and oxygen atoms in total. The van der Waals surface area contributed by atoms with E-state index in [-0.39, 0.29) is 5.82 Å². The van der Waals surface area contributed by atoms with Gasteiger partial charge in [0.2, 0.25) is 0 Å². The predicted octanol–water partition coefficient (Wildman–Crippen LogP) is 3.18. The second-order valence-corrected chi connectivity index (χ2v) is 4.93. The van der Waals surface area contributed by atoms with E-state index in [0.29, 0.717) is 16.3 Å². The average Bonchev–Trinajstić information content (AvgIpc) is 2.66. The zero-order chi connectivity index (χ0) is 11.8. The van der Waals surface area contributed by atoms with Crippen molar-refractivity contribution in [3.8, 4) is 10.6 Å². The fourth-order valence-electron chi connectivity index (χ4n) is 1.31. The van der Waals surface area contributed by atoms with Crippen LogP contribution in [0.1, 0.15) is 19.5 Å². The molecule has 0 aliphatic carbocycles. The quantitative estimate of drug-likeness (QED) is 0.870. The molecular formula is C12H12FNOS. The molecular weight excluding hydrogens is 225 g/mol. The Morgan fingerprint density at radius 3 is 2.56 bits per heavy atom. The van der Waals surface area contributed by atoms with E-state index in [1.807, 2.05) is 0 Å². The lowest BCUT2D eigenvalue weighted by Gasteiger charge is -2.12. The first-order valence-electron chi connectivity index (χ1n) is 4.92. The van der Waals surface area contributed by atoms with E-state index in [0.717, 1.165) is 0 Å². The Morgan fingerprint density at radius 2 is 2.00 bits per heavy atom. The van der Waals surface area contributed by atoms with Crippen molar-refractivity contribution in [3.05, 3.63) is 41.2 Å². The summed E-state index contributed by atoms with van der Waals surface area (Å²) in [6, 6.07) is 6.50. The summed E-state index contributed by atoms with van der Waals surface area (Å²) < 4.78 is 13.5. The van der Waals surface area contributed by atoms with Crippen LogP contribution in [0.2, 0.25) is 0 Å². The topological polar surface area (TPSA) is 33.1 Å². The van der Waals surface area contributed by atoms with Crippen LogP contribution in [0.4, 0.5) is 4.39 Å². The van der Waals surface area contributed by atoms with Gasteiger partial charge in [-0.3, -0.25) is 0 Å². The van der Waals surface area contributed by atoms with E-state index in [1.165, 1.54) is 17.4 Å². The Morgan fingerprint density at radius 1 is 1.31 bits per heavy atom. The smallest absolute Gasteiger partial charge is 0.133 e. The molecule has 0 unspecified atom stereocenters. The van der Waals surface area contributed by atoms with Gasteiger partial charge in [-0.15, -0.1) is 11.3 Å². The summed E-state index contributed by atoms with van der Waals surface area (Å²) in [5.41, 5.74) is 0.0544. The minimum atomic E-state index is -0.986. The van der Waals surface area contributed by atoms with Crippen LogP contribution in [0.5, 0.6) is 0 Å². The maximum absolute atomic E-state index is 13.5. The number of hydrogen-bond acceptors (Lipinski definition) is 3. The molecule has 1 heterocycles. The summed E-state index contributed by atoms with van der Waals surface area (Å²) >= 11 is 1.33. The third kappa shape index (κ3) is 2.13. The number of aliphatic hydroxyl groups is 1. The Bertz CT molecular complexity index is 502. The second-order valence-electron chi connectivity index (χ2n) is 4.08. The number of halogens is 1. The van der Waals surface area contributed by atoms with E-state index in [2.05, 4.69) is 4.98 Å². The number of benzene rings is 1. The molecule has 0 saturated carbocycles. The number of nitrogens with zero attached hydrogens (tertiary/aromatic N) is 1. The normalized spacial score (nSPS) is 11.8. The van der Waals surface area contributed by atoms with E-state index < -0.39 is 5.60 Å². The van der Waals surface area contributed by atoms with Crippen LogP contribution in [-0.4, -0.2) is 10.1 Å². The highest BCUT2D eigenvalue weighted by molar-refractivity contribution is 7.13. The summed E-state index contributed by atoms with van der Waals surface area (Å²) in [5.74, 6) is -0.292. The highest BCUT2D eigenvalue weighted by Crippen LogP contribution is 2.29. The summed E-state index contributed by atoms with van der Waals surface area (Å²) in [6.45, 7) is 3.32. The molecule has 4 heteroatoms. The fourth-order valence-corrected chi connectivity index (χ4v) is 2.32. The molecule has 0 fully saturated rings. The molecule has 0 spiro atoms. The first kappa shape index (κ1) is 11.2. The minimum absolute atomic E-state index is 0.292. The van der Waals surface area contributed by atoms with Crippen molar-refractivity contribution < 1.29 is 9.50 Å². The van der Waals surface area contributed by atoms with Crippen molar-refractivity contribution in [3.63, 3.8) is 0 Å². The van der Waals surface area contributed by atoms with Gasteiger partial charge in [-0.1, -0.05) is 12.1 Å². The molecule has 2 rings (SSSR count). The van der Waals surface area contributed by atoms with Crippen LogP contribution in [0.3, 0.4) is 0 Å². The molecule has 1 N–H and O–H groups in total. The molecule has 0 saturated heterocycles. The highest BCUT2D eigenvalue weighted by atomic mass is 32.1. The van der Waals surface area contributed by atoms with Crippen molar-refractivity contribution in [2.24, 2.45) is 0 Å². The molecule has 0 aliphatic heterocycles. The summed E-state index contributed by atoms with van der Waals surface area (Å²) in [5, 5.41) is 12.1. The van der Waals surface area contributed by atoms with Gasteiger partial charge in [-0.25, -0.2) is 9.37 Å². The Kier molecular flexibility index (Phi) is 2.78. The molecule has 0 aliphatic rings. The third-order valence-corrected chi connectivity index (χ3v) is 3.11. The molecule has 16 heavy (non-hydrogen) atoms. The second kappa shape index (κ2) is 3.96. The van der Waals surface area contributed by atoms with Gasteiger partial charge in [0.1, 0.15) is 16.4 Å². The van der Waals surface area contributed by atoms with E-state index >= 15 is 0 Å². The van der Waals surface area contributed by atoms with Gasteiger partial charge in [0, 0.05) is 10.9 Å². The Hall–Kier alpha value is -1.26. The lowest BCUT2D eigenvalue weighted by atomic mass is 10.1. The highest BCUT2D eigenvalue weighted by Gasteiger charge is 2.20. The van der Waals surface area contributed by atoms with Gasteiger partial charge < -0.3 is 5.11 Å². The number of aromatic nitrogens is 1. The van der Waals surface area contributed by atoms with Crippen molar-refractivity contribution in [2.45, 2.75) is 19.4 Å². The van der Waals surface area contributed by atoms with E-state index in [4.69, 9.17) is 0 Å². The molecule has 2 aromatic rings. The molecule has 1 aromatic carbocycles. The van der Waals surface area contributed by atoms with Crippen LogP contribution in [0.25, 0.3) is 10.6 Å². The van der Waals surface area contributed by atoms with Crippen molar-refractivity contribution in [1.29, 1.82) is 0 Å². The van der Waals surface area contributed by atoms with Gasteiger partial charge in [-0.05, 0) is 26.0 Å². The van der Waals surface area contributed by atoms with Crippen molar-refractivity contribution in [2.75, 3.05) is 0 Å². The summed E-state index contributed by atoms with van der Waals surface area (Å²) in [7, 11) is 0. The zero-order valence-corrected chi connectivity index (χ0v) is 9.88. The molecule has 1 aromatic heterocycles. The van der Waals surface area contributed by atoms with Gasteiger partial charge in [0.25, 0.3) is 0 Å². The van der Waals surface area contributed by atoms with Crippen LogP contribution >= 0.6 is 11.3 Å². The fraction of sp³-hybridized carbons (Fsp3) is 0.250. The van der Waals surface area contributed by atoms with Crippen LogP contribution in [0.15, 0.2) is 29.6 Å². The lowest BCUT2D eigenvalue weighted by molar-refractivity contribution is 0.0746. The standard InChI is InChI=1S/C12H12FNOS/c1-12(2,15)10-7-16-11(14-10)8-5-3-4-6-9(8)13/h3-7,15H,1-2H3. The van der Waals surface area contributed by atoms with E-state index in [9.17, 15) is 9.50 Å². The number of rotatable bonds is 2. The zero-order valence-electron chi connectivity index (χ0n) is 9.07. The first-order valence-corrected chi connectivity index (χ1v) is 5.80. The monoisotopic (exact) mass is 237 g/mol. The van der Waals surface area contributed by atoms with Gasteiger partial charge in [0.05, 0.1) is 5.69 Å². The molecule has 84 valence electrons. The van der Waals surface area contributed by atoms with E-state index in [1.54, 1.807) is 37.4 Å².